The van der Waals surface area contributed by atoms with Gasteiger partial charge < -0.3 is 9.88 Å². The molecular formula is C22H28FN3O3. The Morgan fingerprint density at radius 2 is 1.86 bits per heavy atom. The van der Waals surface area contributed by atoms with Gasteiger partial charge in [0.25, 0.3) is 0 Å². The number of nitrogens with zero attached hydrogens (tertiary/aromatic N) is 2. The third kappa shape index (κ3) is 3.75. The maximum atomic E-state index is 13.2. The van der Waals surface area contributed by atoms with E-state index in [1.54, 1.807) is 17.7 Å². The van der Waals surface area contributed by atoms with Gasteiger partial charge in [-0.3, -0.25) is 9.69 Å². The highest BCUT2D eigenvalue weighted by Crippen LogP contribution is 2.38. The van der Waals surface area contributed by atoms with Crippen LogP contribution in [0.1, 0.15) is 49.0 Å². The molecule has 2 aliphatic rings. The summed E-state index contributed by atoms with van der Waals surface area (Å²) in [6, 6.07) is 6.90. The molecular weight excluding hydrogens is 373 g/mol. The summed E-state index contributed by atoms with van der Waals surface area (Å²) in [5.41, 5.74) is 1.57. The van der Waals surface area contributed by atoms with Gasteiger partial charge in [-0.25, -0.2) is 9.74 Å². The van der Waals surface area contributed by atoms with E-state index in [-0.39, 0.29) is 17.6 Å². The van der Waals surface area contributed by atoms with Crippen LogP contribution in [-0.4, -0.2) is 41.0 Å². The smallest absolute Gasteiger partial charge is 0.338 e. The molecule has 1 aromatic carbocycles. The SMILES string of the molecule is CN1CCC(C2CCCCC2)C1C(=O)Nc1ccc2c(c1)cc(C(=O)OF)n2C. The van der Waals surface area contributed by atoms with Crippen molar-refractivity contribution in [2.75, 3.05) is 18.9 Å². The van der Waals surface area contributed by atoms with Crippen LogP contribution in [0.25, 0.3) is 10.9 Å². The number of hydrogen-bond acceptors (Lipinski definition) is 4. The summed E-state index contributed by atoms with van der Waals surface area (Å²) < 4.78 is 13.9. The molecule has 1 aliphatic heterocycles. The van der Waals surface area contributed by atoms with Gasteiger partial charge in [-0.15, -0.1) is 0 Å². The van der Waals surface area contributed by atoms with Crippen molar-refractivity contribution in [2.45, 2.75) is 44.6 Å². The van der Waals surface area contributed by atoms with Crippen molar-refractivity contribution in [3.63, 3.8) is 0 Å². The molecule has 1 amide bonds. The first-order valence-electron chi connectivity index (χ1n) is 10.4. The lowest BCUT2D eigenvalue weighted by molar-refractivity contribution is -0.121. The third-order valence-corrected chi connectivity index (χ3v) is 6.81. The molecule has 2 aromatic rings. The molecule has 2 unspecified atom stereocenters. The number of carbonyl (C=O) groups excluding carboxylic acids is 2. The zero-order valence-corrected chi connectivity index (χ0v) is 17.0. The number of likely N-dealkylation sites (tertiary alicyclic amines) is 1. The minimum atomic E-state index is -1.03. The Balaban J connectivity index is 1.53. The average Bonchev–Trinajstić information content (AvgIpc) is 3.28. The van der Waals surface area contributed by atoms with E-state index in [1.165, 1.54) is 32.1 Å². The van der Waals surface area contributed by atoms with Crippen LogP contribution in [0.15, 0.2) is 24.3 Å². The molecule has 1 aliphatic carbocycles. The molecule has 2 heterocycles. The van der Waals surface area contributed by atoms with Crippen molar-refractivity contribution in [3.8, 4) is 0 Å². The van der Waals surface area contributed by atoms with Gasteiger partial charge in [0, 0.05) is 28.2 Å². The highest BCUT2D eigenvalue weighted by atomic mass is 19.3. The number of halogens is 1. The first kappa shape index (κ1) is 19.9. The molecule has 2 atom stereocenters. The second-order valence-corrected chi connectivity index (χ2v) is 8.49. The topological polar surface area (TPSA) is 63.6 Å². The molecule has 156 valence electrons. The number of benzene rings is 1. The molecule has 1 aromatic heterocycles. The standard InChI is InChI=1S/C22H28FN3O3/c1-25-11-10-17(14-6-4-3-5-7-14)20(25)21(27)24-16-8-9-18-15(12-16)13-19(26(18)2)22(28)29-23/h8-9,12-14,17,20H,3-7,10-11H2,1-2H3,(H,24,27). The van der Waals surface area contributed by atoms with Crippen LogP contribution in [0, 0.1) is 11.8 Å². The van der Waals surface area contributed by atoms with Crippen LogP contribution in [0.2, 0.25) is 0 Å². The van der Waals surface area contributed by atoms with Gasteiger partial charge in [-0.05, 0) is 56.1 Å². The lowest BCUT2D eigenvalue weighted by Crippen LogP contribution is -2.43. The number of amides is 1. The second kappa shape index (κ2) is 8.14. The minimum Gasteiger partial charge on any atom is -0.338 e. The molecule has 0 radical (unpaired) electrons. The van der Waals surface area contributed by atoms with Gasteiger partial charge in [0.1, 0.15) is 5.69 Å². The van der Waals surface area contributed by atoms with Gasteiger partial charge in [-0.2, -0.15) is 0 Å². The summed E-state index contributed by atoms with van der Waals surface area (Å²) in [7, 11) is 3.71. The Morgan fingerprint density at radius 1 is 1.10 bits per heavy atom. The van der Waals surface area contributed by atoms with Crippen molar-refractivity contribution in [1.82, 2.24) is 9.47 Å². The van der Waals surface area contributed by atoms with Crippen molar-refractivity contribution >= 4 is 28.5 Å². The van der Waals surface area contributed by atoms with Gasteiger partial charge in [0.15, 0.2) is 0 Å². The lowest BCUT2D eigenvalue weighted by atomic mass is 9.76. The van der Waals surface area contributed by atoms with Crippen LogP contribution in [0.4, 0.5) is 10.2 Å². The summed E-state index contributed by atoms with van der Waals surface area (Å²) in [6.07, 6.45) is 7.38. The zero-order chi connectivity index (χ0) is 20.5. The van der Waals surface area contributed by atoms with Gasteiger partial charge in [-0.1, -0.05) is 32.1 Å². The fourth-order valence-corrected chi connectivity index (χ4v) is 5.31. The van der Waals surface area contributed by atoms with Crippen LogP contribution in [0.5, 0.6) is 0 Å². The predicted molar refractivity (Wildman–Crippen MR) is 109 cm³/mol. The number of carbonyl (C=O) groups is 2. The maximum absolute atomic E-state index is 13.2. The van der Waals surface area contributed by atoms with Crippen molar-refractivity contribution in [1.29, 1.82) is 0 Å². The highest BCUT2D eigenvalue weighted by molar-refractivity contribution is 5.99. The molecule has 4 rings (SSSR count). The summed E-state index contributed by atoms with van der Waals surface area (Å²) in [5, 5.41) is 3.81. The van der Waals surface area contributed by atoms with E-state index < -0.39 is 5.97 Å². The second-order valence-electron chi connectivity index (χ2n) is 8.49. The number of aromatic nitrogens is 1. The van der Waals surface area contributed by atoms with E-state index in [0.717, 1.165) is 23.9 Å². The first-order chi connectivity index (χ1) is 14.0. The van der Waals surface area contributed by atoms with Gasteiger partial charge in [0.05, 0.1) is 6.04 Å². The molecule has 29 heavy (non-hydrogen) atoms. The number of nitrogens with one attached hydrogen (secondary N) is 1. The van der Waals surface area contributed by atoms with Crippen molar-refractivity contribution < 1.29 is 19.1 Å². The van der Waals surface area contributed by atoms with E-state index >= 15 is 0 Å². The minimum absolute atomic E-state index is 0.0271. The molecule has 0 spiro atoms. The normalized spacial score (nSPS) is 23.4. The van der Waals surface area contributed by atoms with E-state index in [1.807, 2.05) is 25.2 Å². The molecule has 1 N–H and O–H groups in total. The molecule has 1 saturated heterocycles. The predicted octanol–water partition coefficient (Wildman–Crippen LogP) is 4.06. The number of aryl methyl sites for hydroxylation is 1. The summed E-state index contributed by atoms with van der Waals surface area (Å²) in [6.45, 7) is 0.950. The van der Waals surface area contributed by atoms with E-state index in [4.69, 9.17) is 0 Å². The number of likely N-dealkylation sites (N-methyl/N-ethyl adjacent to an activating group) is 1. The fraction of sp³-hybridized carbons (Fsp3) is 0.545. The first-order valence-corrected chi connectivity index (χ1v) is 10.4. The molecule has 6 nitrogen and oxygen atoms in total. The number of hydrogen-bond donors (Lipinski definition) is 1. The Hall–Kier alpha value is -2.41. The van der Waals surface area contributed by atoms with Crippen molar-refractivity contribution in [2.24, 2.45) is 18.9 Å². The summed E-state index contributed by atoms with van der Waals surface area (Å²) in [5.74, 6) is 0.0402. The maximum Gasteiger partial charge on any atom is 0.395 e. The Morgan fingerprint density at radius 3 is 2.59 bits per heavy atom. The number of rotatable bonds is 4. The van der Waals surface area contributed by atoms with Crippen LogP contribution in [0.3, 0.4) is 0 Å². The Bertz CT molecular complexity index is 919. The van der Waals surface area contributed by atoms with Crippen LogP contribution < -0.4 is 5.32 Å². The van der Waals surface area contributed by atoms with Gasteiger partial charge >= 0.3 is 5.97 Å². The summed E-state index contributed by atoms with van der Waals surface area (Å²) in [4.78, 5) is 30.3. The van der Waals surface area contributed by atoms with Crippen LogP contribution >= 0.6 is 0 Å². The van der Waals surface area contributed by atoms with E-state index in [0.29, 0.717) is 17.5 Å². The number of anilines is 1. The molecule has 2 fully saturated rings. The average molecular weight is 401 g/mol. The van der Waals surface area contributed by atoms with E-state index in [2.05, 4.69) is 15.2 Å². The fourth-order valence-electron chi connectivity index (χ4n) is 5.31. The summed E-state index contributed by atoms with van der Waals surface area (Å²) >= 11 is 0. The van der Waals surface area contributed by atoms with Gasteiger partial charge in [0.2, 0.25) is 5.91 Å². The molecule has 7 heteroatoms. The zero-order valence-electron chi connectivity index (χ0n) is 17.0. The third-order valence-electron chi connectivity index (χ3n) is 6.81. The van der Waals surface area contributed by atoms with Crippen molar-refractivity contribution in [3.05, 3.63) is 30.0 Å². The van der Waals surface area contributed by atoms with E-state index in [9.17, 15) is 14.1 Å². The lowest BCUT2D eigenvalue weighted by Gasteiger charge is -2.32. The monoisotopic (exact) mass is 401 g/mol. The Kier molecular flexibility index (Phi) is 5.58. The molecule has 1 saturated carbocycles. The largest absolute Gasteiger partial charge is 0.395 e. The van der Waals surface area contributed by atoms with Crippen LogP contribution in [-0.2, 0) is 16.8 Å². The quantitative estimate of drug-likeness (QED) is 0.839. The number of fused-ring (bicyclic) bond motifs is 1. The Labute approximate surface area is 169 Å². The highest BCUT2D eigenvalue weighted by Gasteiger charge is 2.41. The molecule has 0 bridgehead atoms.